The van der Waals surface area contributed by atoms with Crippen molar-refractivity contribution >= 4 is 16.8 Å². The summed E-state index contributed by atoms with van der Waals surface area (Å²) in [7, 11) is 3.38. The van der Waals surface area contributed by atoms with E-state index < -0.39 is 0 Å². The Hall–Kier alpha value is -3.39. The number of ether oxygens (including phenoxy) is 1. The highest BCUT2D eigenvalue weighted by molar-refractivity contribution is 5.98. The van der Waals surface area contributed by atoms with E-state index >= 15 is 0 Å². The Morgan fingerprint density at radius 1 is 1.19 bits per heavy atom. The monoisotopic (exact) mass is 345 g/mol. The van der Waals surface area contributed by atoms with Crippen molar-refractivity contribution in [1.29, 1.82) is 5.26 Å². The van der Waals surface area contributed by atoms with Crippen molar-refractivity contribution in [2.24, 2.45) is 0 Å². The molecule has 3 rings (SSSR count). The van der Waals surface area contributed by atoms with E-state index in [-0.39, 0.29) is 5.91 Å². The van der Waals surface area contributed by atoms with Gasteiger partial charge >= 0.3 is 0 Å². The third-order valence-corrected chi connectivity index (χ3v) is 4.30. The maximum Gasteiger partial charge on any atom is 0.255 e. The molecule has 1 heterocycles. The molecule has 0 aliphatic rings. The van der Waals surface area contributed by atoms with Gasteiger partial charge in [0.25, 0.3) is 5.91 Å². The van der Waals surface area contributed by atoms with Gasteiger partial charge in [0.15, 0.2) is 0 Å². The smallest absolute Gasteiger partial charge is 0.255 e. The molecule has 0 bridgehead atoms. The van der Waals surface area contributed by atoms with Gasteiger partial charge in [0.05, 0.1) is 35.5 Å². The Kier molecular flexibility index (Phi) is 4.85. The van der Waals surface area contributed by atoms with Gasteiger partial charge in [0, 0.05) is 25.0 Å². The van der Waals surface area contributed by atoms with Crippen molar-refractivity contribution in [3.63, 3.8) is 0 Å². The number of benzene rings is 2. The lowest BCUT2D eigenvalue weighted by atomic mass is 10.1. The predicted octanol–water partition coefficient (Wildman–Crippen LogP) is 3.70. The standard InChI is InChI=1S/C21H19N3O2/c1-14-19(10-17-8-9-18(26-3)11-20(17)23-14)21(25)24(2)13-16-6-4-15(12-22)5-7-16/h4-11H,13H2,1-3H3. The first kappa shape index (κ1) is 17.4. The summed E-state index contributed by atoms with van der Waals surface area (Å²) in [5, 5.41) is 9.76. The van der Waals surface area contributed by atoms with E-state index in [0.717, 1.165) is 22.2 Å². The summed E-state index contributed by atoms with van der Waals surface area (Å²) in [6.07, 6.45) is 0. The molecule has 0 unspecified atom stereocenters. The van der Waals surface area contributed by atoms with Crippen molar-refractivity contribution in [2.45, 2.75) is 13.5 Å². The lowest BCUT2D eigenvalue weighted by molar-refractivity contribution is 0.0784. The van der Waals surface area contributed by atoms with Crippen LogP contribution in [0.25, 0.3) is 10.9 Å². The normalized spacial score (nSPS) is 10.4. The molecule has 5 heteroatoms. The molecule has 0 N–H and O–H groups in total. The average molecular weight is 345 g/mol. The summed E-state index contributed by atoms with van der Waals surface area (Å²) in [5.41, 5.74) is 3.64. The Bertz CT molecular complexity index is 1000. The first-order chi connectivity index (χ1) is 12.5. The molecule has 0 aliphatic carbocycles. The number of carbonyl (C=O) groups excluding carboxylic acids is 1. The molecular weight excluding hydrogens is 326 g/mol. The summed E-state index contributed by atoms with van der Waals surface area (Å²) in [6.45, 7) is 2.30. The summed E-state index contributed by atoms with van der Waals surface area (Å²) >= 11 is 0. The molecule has 26 heavy (non-hydrogen) atoms. The van der Waals surface area contributed by atoms with Crippen LogP contribution in [0.5, 0.6) is 5.75 Å². The summed E-state index contributed by atoms with van der Waals surface area (Å²) < 4.78 is 5.23. The zero-order valence-corrected chi connectivity index (χ0v) is 15.0. The summed E-state index contributed by atoms with van der Waals surface area (Å²) in [6, 6.07) is 16.8. The van der Waals surface area contributed by atoms with Gasteiger partial charge in [0.2, 0.25) is 0 Å². The van der Waals surface area contributed by atoms with Crippen LogP contribution in [0.1, 0.15) is 27.2 Å². The Morgan fingerprint density at radius 3 is 2.58 bits per heavy atom. The largest absolute Gasteiger partial charge is 0.497 e. The lowest BCUT2D eigenvalue weighted by Crippen LogP contribution is -2.27. The third kappa shape index (κ3) is 3.50. The SMILES string of the molecule is COc1ccc2cc(C(=O)N(C)Cc3ccc(C#N)cc3)c(C)nc2c1. The molecule has 1 amide bonds. The highest BCUT2D eigenvalue weighted by atomic mass is 16.5. The number of hydrogen-bond donors (Lipinski definition) is 0. The van der Waals surface area contributed by atoms with Gasteiger partial charge in [-0.1, -0.05) is 12.1 Å². The van der Waals surface area contributed by atoms with Crippen LogP contribution in [0.4, 0.5) is 0 Å². The molecule has 0 saturated carbocycles. The Morgan fingerprint density at radius 2 is 1.92 bits per heavy atom. The number of fused-ring (bicyclic) bond motifs is 1. The van der Waals surface area contributed by atoms with Gasteiger partial charge in [-0.25, -0.2) is 0 Å². The molecule has 0 spiro atoms. The number of nitrogens with zero attached hydrogens (tertiary/aromatic N) is 3. The number of nitriles is 1. The molecule has 0 fully saturated rings. The van der Waals surface area contributed by atoms with E-state index in [0.29, 0.717) is 23.4 Å². The van der Waals surface area contributed by atoms with Gasteiger partial charge in [-0.3, -0.25) is 9.78 Å². The molecule has 2 aromatic carbocycles. The van der Waals surface area contributed by atoms with Crippen LogP contribution < -0.4 is 4.74 Å². The quantitative estimate of drug-likeness (QED) is 0.723. The molecule has 0 radical (unpaired) electrons. The molecule has 0 aliphatic heterocycles. The van der Waals surface area contributed by atoms with E-state index in [9.17, 15) is 4.79 Å². The summed E-state index contributed by atoms with van der Waals surface area (Å²) in [5.74, 6) is 0.651. The minimum absolute atomic E-state index is 0.0860. The van der Waals surface area contributed by atoms with Crippen LogP contribution in [0, 0.1) is 18.3 Å². The van der Waals surface area contributed by atoms with Crippen LogP contribution in [0.2, 0.25) is 0 Å². The zero-order chi connectivity index (χ0) is 18.7. The number of rotatable bonds is 4. The molecular formula is C21H19N3O2. The average Bonchev–Trinajstić information content (AvgIpc) is 2.67. The van der Waals surface area contributed by atoms with Gasteiger partial charge in [-0.05, 0) is 42.8 Å². The van der Waals surface area contributed by atoms with E-state index in [1.54, 1.807) is 31.2 Å². The Balaban J connectivity index is 1.85. The Labute approximate surface area is 152 Å². The number of aromatic nitrogens is 1. The number of methoxy groups -OCH3 is 1. The molecule has 0 saturated heterocycles. The predicted molar refractivity (Wildman–Crippen MR) is 100.0 cm³/mol. The van der Waals surface area contributed by atoms with Crippen molar-refractivity contribution in [3.8, 4) is 11.8 Å². The highest BCUT2D eigenvalue weighted by Gasteiger charge is 2.16. The molecule has 130 valence electrons. The first-order valence-corrected chi connectivity index (χ1v) is 8.21. The van der Waals surface area contributed by atoms with Crippen LogP contribution in [-0.2, 0) is 6.54 Å². The van der Waals surface area contributed by atoms with Crippen molar-refractivity contribution < 1.29 is 9.53 Å². The number of pyridine rings is 1. The second-order valence-electron chi connectivity index (χ2n) is 6.15. The van der Waals surface area contributed by atoms with Gasteiger partial charge in [-0.15, -0.1) is 0 Å². The third-order valence-electron chi connectivity index (χ3n) is 4.30. The number of amides is 1. The van der Waals surface area contributed by atoms with Gasteiger partial charge in [0.1, 0.15) is 5.75 Å². The van der Waals surface area contributed by atoms with Crippen LogP contribution >= 0.6 is 0 Å². The fourth-order valence-corrected chi connectivity index (χ4v) is 2.82. The van der Waals surface area contributed by atoms with Crippen LogP contribution in [0.3, 0.4) is 0 Å². The van der Waals surface area contributed by atoms with Crippen molar-refractivity contribution in [1.82, 2.24) is 9.88 Å². The van der Waals surface area contributed by atoms with E-state index in [2.05, 4.69) is 11.1 Å². The fraction of sp³-hybridized carbons (Fsp3) is 0.190. The topological polar surface area (TPSA) is 66.2 Å². The molecule has 1 aromatic heterocycles. The minimum Gasteiger partial charge on any atom is -0.497 e. The van der Waals surface area contributed by atoms with Gasteiger partial charge < -0.3 is 9.64 Å². The number of aryl methyl sites for hydroxylation is 1. The van der Waals surface area contributed by atoms with E-state index in [1.165, 1.54) is 0 Å². The van der Waals surface area contributed by atoms with Crippen molar-refractivity contribution in [3.05, 3.63) is 70.9 Å². The maximum absolute atomic E-state index is 12.9. The maximum atomic E-state index is 12.9. The van der Waals surface area contributed by atoms with Gasteiger partial charge in [-0.2, -0.15) is 5.26 Å². The number of carbonyl (C=O) groups is 1. The second kappa shape index (κ2) is 7.24. The second-order valence-corrected chi connectivity index (χ2v) is 6.15. The van der Waals surface area contributed by atoms with E-state index in [1.807, 2.05) is 43.3 Å². The minimum atomic E-state index is -0.0860. The summed E-state index contributed by atoms with van der Waals surface area (Å²) in [4.78, 5) is 19.1. The highest BCUT2D eigenvalue weighted by Crippen LogP contribution is 2.22. The molecule has 0 atom stereocenters. The lowest BCUT2D eigenvalue weighted by Gasteiger charge is -2.19. The van der Waals surface area contributed by atoms with Crippen LogP contribution in [0.15, 0.2) is 48.5 Å². The molecule has 5 nitrogen and oxygen atoms in total. The zero-order valence-electron chi connectivity index (χ0n) is 15.0. The molecule has 3 aromatic rings. The van der Waals surface area contributed by atoms with E-state index in [4.69, 9.17) is 10.00 Å². The van der Waals surface area contributed by atoms with Crippen LogP contribution in [-0.4, -0.2) is 29.9 Å². The fourth-order valence-electron chi connectivity index (χ4n) is 2.82. The van der Waals surface area contributed by atoms with Crippen molar-refractivity contribution in [2.75, 3.05) is 14.2 Å². The number of hydrogen-bond acceptors (Lipinski definition) is 4. The first-order valence-electron chi connectivity index (χ1n) is 8.21.